The Labute approximate surface area is 104 Å². The van der Waals surface area contributed by atoms with E-state index in [0.29, 0.717) is 5.69 Å². The van der Waals surface area contributed by atoms with E-state index >= 15 is 0 Å². The summed E-state index contributed by atoms with van der Waals surface area (Å²) in [6.45, 7) is 1.82. The van der Waals surface area contributed by atoms with Gasteiger partial charge in [0.1, 0.15) is 5.82 Å². The molecule has 0 fully saturated rings. The van der Waals surface area contributed by atoms with E-state index < -0.39 is 11.7 Å². The molecule has 18 heavy (non-hydrogen) atoms. The third-order valence-electron chi connectivity index (χ3n) is 2.57. The number of nitrogen functional groups attached to an aromatic ring is 1. The minimum absolute atomic E-state index is 0.117. The first-order valence-corrected chi connectivity index (χ1v) is 5.35. The maximum absolute atomic E-state index is 13.2. The van der Waals surface area contributed by atoms with Crippen molar-refractivity contribution in [3.05, 3.63) is 53.6 Å². The van der Waals surface area contributed by atoms with Crippen LogP contribution in [0.1, 0.15) is 15.9 Å². The Hall–Kier alpha value is -2.43. The van der Waals surface area contributed by atoms with E-state index in [1.807, 2.05) is 6.92 Å². The zero-order valence-electron chi connectivity index (χ0n) is 9.77. The van der Waals surface area contributed by atoms with Crippen molar-refractivity contribution in [3.8, 4) is 0 Å². The van der Waals surface area contributed by atoms with Crippen molar-refractivity contribution in [2.45, 2.75) is 6.92 Å². The van der Waals surface area contributed by atoms with E-state index in [4.69, 9.17) is 5.73 Å². The number of nitrogens with one attached hydrogen (secondary N) is 1. The lowest BCUT2D eigenvalue weighted by Gasteiger charge is -2.09. The Balaban J connectivity index is 2.28. The van der Waals surface area contributed by atoms with Gasteiger partial charge in [0.05, 0.1) is 11.3 Å². The van der Waals surface area contributed by atoms with Gasteiger partial charge in [0.2, 0.25) is 0 Å². The van der Waals surface area contributed by atoms with E-state index in [9.17, 15) is 9.18 Å². The van der Waals surface area contributed by atoms with Crippen LogP contribution in [0.25, 0.3) is 0 Å². The molecule has 0 saturated heterocycles. The quantitative estimate of drug-likeness (QED) is 0.798. The number of hydrogen-bond donors (Lipinski definition) is 2. The van der Waals surface area contributed by atoms with Crippen molar-refractivity contribution in [3.63, 3.8) is 0 Å². The van der Waals surface area contributed by atoms with Crippen LogP contribution in [0.2, 0.25) is 0 Å². The second-order valence-electron chi connectivity index (χ2n) is 3.85. The molecule has 3 N–H and O–H groups in total. The summed E-state index contributed by atoms with van der Waals surface area (Å²) >= 11 is 0. The lowest BCUT2D eigenvalue weighted by atomic mass is 10.1. The molecule has 0 radical (unpaired) electrons. The molecule has 4 nitrogen and oxygen atoms in total. The molecule has 1 aromatic heterocycles. The maximum Gasteiger partial charge on any atom is 0.257 e. The molecule has 0 aliphatic rings. The van der Waals surface area contributed by atoms with Crippen molar-refractivity contribution < 1.29 is 9.18 Å². The number of benzene rings is 1. The molecule has 5 heteroatoms. The first-order valence-electron chi connectivity index (χ1n) is 5.35. The lowest BCUT2D eigenvalue weighted by Crippen LogP contribution is -2.15. The van der Waals surface area contributed by atoms with Crippen molar-refractivity contribution in [1.82, 2.24) is 4.98 Å². The van der Waals surface area contributed by atoms with Crippen molar-refractivity contribution in [2.24, 2.45) is 0 Å². The zero-order chi connectivity index (χ0) is 13.1. The highest BCUT2D eigenvalue weighted by Gasteiger charge is 2.13. The molecule has 92 valence electrons. The largest absolute Gasteiger partial charge is 0.396 e. The predicted octanol–water partition coefficient (Wildman–Crippen LogP) is 2.36. The number of aromatic nitrogens is 1. The van der Waals surface area contributed by atoms with Gasteiger partial charge < -0.3 is 11.1 Å². The summed E-state index contributed by atoms with van der Waals surface area (Å²) in [5.41, 5.74) is 6.94. The number of nitrogens with zero attached hydrogens (tertiary/aromatic N) is 1. The summed E-state index contributed by atoms with van der Waals surface area (Å²) in [6, 6.07) is 5.80. The van der Waals surface area contributed by atoms with Gasteiger partial charge in [-0.15, -0.1) is 0 Å². The number of carbonyl (C=O) groups is 1. The fraction of sp³-hybridized carbons (Fsp3) is 0.0769. The van der Waals surface area contributed by atoms with Crippen molar-refractivity contribution >= 4 is 17.3 Å². The maximum atomic E-state index is 13.2. The molecule has 1 aromatic carbocycles. The Bertz CT molecular complexity index is 599. The molecule has 0 atom stereocenters. The van der Waals surface area contributed by atoms with E-state index in [2.05, 4.69) is 10.3 Å². The van der Waals surface area contributed by atoms with E-state index in [1.165, 1.54) is 18.2 Å². The monoisotopic (exact) mass is 245 g/mol. The van der Waals surface area contributed by atoms with Crippen LogP contribution in [0.15, 0.2) is 36.7 Å². The topological polar surface area (TPSA) is 68.0 Å². The Kier molecular flexibility index (Phi) is 3.23. The average molecular weight is 245 g/mol. The normalized spacial score (nSPS) is 10.1. The molecular formula is C13H12FN3O. The number of halogens is 1. The third kappa shape index (κ3) is 2.29. The number of rotatable bonds is 2. The smallest absolute Gasteiger partial charge is 0.257 e. The van der Waals surface area contributed by atoms with Gasteiger partial charge >= 0.3 is 0 Å². The van der Waals surface area contributed by atoms with Crippen LogP contribution in [0.3, 0.4) is 0 Å². The molecule has 0 unspecified atom stereocenters. The third-order valence-corrected chi connectivity index (χ3v) is 2.57. The minimum Gasteiger partial charge on any atom is -0.396 e. The number of amides is 1. The first-order chi connectivity index (χ1) is 8.59. The summed E-state index contributed by atoms with van der Waals surface area (Å²) in [6.07, 6.45) is 3.20. The van der Waals surface area contributed by atoms with Crippen LogP contribution in [-0.4, -0.2) is 10.9 Å². The van der Waals surface area contributed by atoms with Crippen molar-refractivity contribution in [1.29, 1.82) is 0 Å². The number of pyridine rings is 1. The standard InChI is InChI=1S/C13H12FN3O/c1-8-7-16-6-5-11(8)17-13(18)9-3-2-4-10(14)12(9)15/h2-7H,15H2,1H3,(H,16,17,18). The van der Waals surface area contributed by atoms with Crippen LogP contribution in [0, 0.1) is 12.7 Å². The Morgan fingerprint density at radius 1 is 1.39 bits per heavy atom. The molecule has 1 heterocycles. The van der Waals surface area contributed by atoms with Gasteiger partial charge in [-0.1, -0.05) is 6.07 Å². The van der Waals surface area contributed by atoms with Gasteiger partial charge in [0.25, 0.3) is 5.91 Å². The molecule has 1 amide bonds. The molecule has 0 aliphatic carbocycles. The highest BCUT2D eigenvalue weighted by Crippen LogP contribution is 2.18. The Morgan fingerprint density at radius 2 is 2.17 bits per heavy atom. The molecular weight excluding hydrogens is 233 g/mol. The van der Waals surface area contributed by atoms with Crippen LogP contribution < -0.4 is 11.1 Å². The van der Waals surface area contributed by atoms with Gasteiger partial charge in [-0.05, 0) is 30.7 Å². The van der Waals surface area contributed by atoms with Gasteiger partial charge in [-0.25, -0.2) is 4.39 Å². The van der Waals surface area contributed by atoms with Gasteiger partial charge in [-0.2, -0.15) is 0 Å². The Morgan fingerprint density at radius 3 is 2.89 bits per heavy atom. The zero-order valence-corrected chi connectivity index (χ0v) is 9.77. The van der Waals surface area contributed by atoms with E-state index in [-0.39, 0.29) is 11.3 Å². The first kappa shape index (κ1) is 12.0. The summed E-state index contributed by atoms with van der Waals surface area (Å²) in [7, 11) is 0. The average Bonchev–Trinajstić information content (AvgIpc) is 2.35. The summed E-state index contributed by atoms with van der Waals surface area (Å²) in [4.78, 5) is 15.9. The number of hydrogen-bond acceptors (Lipinski definition) is 3. The highest BCUT2D eigenvalue weighted by molar-refractivity contribution is 6.08. The van der Waals surface area contributed by atoms with Crippen LogP contribution in [0.4, 0.5) is 15.8 Å². The molecule has 0 saturated carbocycles. The number of anilines is 2. The second kappa shape index (κ2) is 4.83. The number of nitrogens with two attached hydrogens (primary N) is 1. The molecule has 2 rings (SSSR count). The summed E-state index contributed by atoms with van der Waals surface area (Å²) in [5, 5.41) is 2.67. The fourth-order valence-electron chi connectivity index (χ4n) is 1.54. The molecule has 2 aromatic rings. The fourth-order valence-corrected chi connectivity index (χ4v) is 1.54. The molecule has 0 spiro atoms. The molecule has 0 aliphatic heterocycles. The number of carbonyl (C=O) groups excluding carboxylic acids is 1. The van der Waals surface area contributed by atoms with Gasteiger partial charge in [-0.3, -0.25) is 9.78 Å². The lowest BCUT2D eigenvalue weighted by molar-refractivity contribution is 0.102. The van der Waals surface area contributed by atoms with E-state index in [0.717, 1.165) is 5.56 Å². The molecule has 0 bridgehead atoms. The highest BCUT2D eigenvalue weighted by atomic mass is 19.1. The van der Waals surface area contributed by atoms with Gasteiger partial charge in [0.15, 0.2) is 0 Å². The summed E-state index contributed by atoms with van der Waals surface area (Å²) < 4.78 is 13.2. The van der Waals surface area contributed by atoms with Crippen molar-refractivity contribution in [2.75, 3.05) is 11.1 Å². The van der Waals surface area contributed by atoms with Crippen LogP contribution in [-0.2, 0) is 0 Å². The van der Waals surface area contributed by atoms with Gasteiger partial charge in [0, 0.05) is 18.1 Å². The minimum atomic E-state index is -0.603. The predicted molar refractivity (Wildman–Crippen MR) is 67.7 cm³/mol. The number of para-hydroxylation sites is 1. The van der Waals surface area contributed by atoms with Crippen LogP contribution in [0.5, 0.6) is 0 Å². The van der Waals surface area contributed by atoms with E-state index in [1.54, 1.807) is 18.5 Å². The second-order valence-corrected chi connectivity index (χ2v) is 3.85. The SMILES string of the molecule is Cc1cnccc1NC(=O)c1cccc(F)c1N. The summed E-state index contributed by atoms with van der Waals surface area (Å²) in [5.74, 6) is -1.05. The number of aryl methyl sites for hydroxylation is 1. The van der Waals surface area contributed by atoms with Crippen LogP contribution >= 0.6 is 0 Å².